The van der Waals surface area contributed by atoms with E-state index in [0.29, 0.717) is 12.1 Å². The van der Waals surface area contributed by atoms with Crippen molar-refractivity contribution in [2.24, 2.45) is 5.92 Å². The minimum atomic E-state index is 0.196. The first-order chi connectivity index (χ1) is 6.69. The van der Waals surface area contributed by atoms with Gasteiger partial charge in [-0.25, -0.2) is 0 Å². The Morgan fingerprint density at radius 2 is 2.14 bits per heavy atom. The smallest absolute Gasteiger partial charge is 0.0693 e. The number of nitrogens with one attached hydrogen (secondary N) is 1. The first-order valence-corrected chi connectivity index (χ1v) is 5.37. The number of methoxy groups -OCH3 is 1. The lowest BCUT2D eigenvalue weighted by molar-refractivity contribution is 0.0834. The van der Waals surface area contributed by atoms with Gasteiger partial charge in [-0.15, -0.1) is 0 Å². The molecule has 3 nitrogen and oxygen atoms in total. The Balaban J connectivity index is 2.40. The second kappa shape index (κ2) is 5.33. The second-order valence-electron chi connectivity index (χ2n) is 4.17. The summed E-state index contributed by atoms with van der Waals surface area (Å²) in [6.45, 7) is 4.16. The largest absolute Gasteiger partial charge is 0.380 e. The SMILES string of the molecule is COC(C)C(C)NC1CCCC1C#N. The number of ether oxygens (including phenoxy) is 1. The normalized spacial score (nSPS) is 31.0. The molecule has 1 aliphatic carbocycles. The summed E-state index contributed by atoms with van der Waals surface area (Å²) in [6, 6.07) is 3.06. The van der Waals surface area contributed by atoms with Gasteiger partial charge >= 0.3 is 0 Å². The standard InChI is InChI=1S/C11H20N2O/c1-8(9(2)14-3)13-11-6-4-5-10(11)7-12/h8-11,13H,4-6H2,1-3H3. The predicted octanol–water partition coefficient (Wildman–Crippen LogP) is 1.69. The summed E-state index contributed by atoms with van der Waals surface area (Å²) in [5, 5.41) is 12.4. The zero-order valence-corrected chi connectivity index (χ0v) is 9.29. The summed E-state index contributed by atoms with van der Waals surface area (Å²) in [4.78, 5) is 0. The van der Waals surface area contributed by atoms with Crippen LogP contribution in [0.5, 0.6) is 0 Å². The van der Waals surface area contributed by atoms with Crippen LogP contribution < -0.4 is 5.32 Å². The van der Waals surface area contributed by atoms with Crippen molar-refractivity contribution < 1.29 is 4.74 Å². The van der Waals surface area contributed by atoms with Gasteiger partial charge in [-0.3, -0.25) is 0 Å². The van der Waals surface area contributed by atoms with Crippen molar-refractivity contribution in [1.82, 2.24) is 5.32 Å². The number of hydrogen-bond acceptors (Lipinski definition) is 3. The molecule has 4 atom stereocenters. The summed E-state index contributed by atoms with van der Waals surface area (Å²) >= 11 is 0. The van der Waals surface area contributed by atoms with Crippen LogP contribution in [0.25, 0.3) is 0 Å². The van der Waals surface area contributed by atoms with Gasteiger partial charge in [0, 0.05) is 19.2 Å². The molecule has 0 aliphatic heterocycles. The van der Waals surface area contributed by atoms with Gasteiger partial charge in [-0.2, -0.15) is 5.26 Å². The van der Waals surface area contributed by atoms with E-state index < -0.39 is 0 Å². The van der Waals surface area contributed by atoms with E-state index in [1.807, 2.05) is 6.92 Å². The molecule has 0 heterocycles. The highest BCUT2D eigenvalue weighted by molar-refractivity contribution is 4.97. The van der Waals surface area contributed by atoms with Crippen LogP contribution in [0.2, 0.25) is 0 Å². The van der Waals surface area contributed by atoms with Gasteiger partial charge in [-0.05, 0) is 26.7 Å². The Kier molecular flexibility index (Phi) is 4.37. The fourth-order valence-corrected chi connectivity index (χ4v) is 1.99. The molecule has 1 N–H and O–H groups in total. The van der Waals surface area contributed by atoms with Crippen molar-refractivity contribution in [2.45, 2.75) is 51.3 Å². The van der Waals surface area contributed by atoms with Gasteiger partial charge in [-0.1, -0.05) is 6.42 Å². The third-order valence-corrected chi connectivity index (χ3v) is 3.23. The van der Waals surface area contributed by atoms with Gasteiger partial charge in [0.1, 0.15) is 0 Å². The molecule has 80 valence electrons. The molecule has 1 fully saturated rings. The van der Waals surface area contributed by atoms with Crippen molar-refractivity contribution in [3.05, 3.63) is 0 Å². The number of hydrogen-bond donors (Lipinski definition) is 1. The molecule has 0 amide bonds. The van der Waals surface area contributed by atoms with Crippen LogP contribution in [0.4, 0.5) is 0 Å². The molecule has 1 aliphatic rings. The van der Waals surface area contributed by atoms with Crippen molar-refractivity contribution in [3.63, 3.8) is 0 Å². The van der Waals surface area contributed by atoms with Gasteiger partial charge in [0.15, 0.2) is 0 Å². The van der Waals surface area contributed by atoms with E-state index in [-0.39, 0.29) is 12.0 Å². The molecule has 0 bridgehead atoms. The van der Waals surface area contributed by atoms with E-state index in [0.717, 1.165) is 12.8 Å². The molecule has 1 rings (SSSR count). The lowest BCUT2D eigenvalue weighted by Gasteiger charge is -2.25. The summed E-state index contributed by atoms with van der Waals surface area (Å²) in [5.41, 5.74) is 0. The fourth-order valence-electron chi connectivity index (χ4n) is 1.99. The van der Waals surface area contributed by atoms with Crippen molar-refractivity contribution in [3.8, 4) is 6.07 Å². The Morgan fingerprint density at radius 1 is 1.43 bits per heavy atom. The van der Waals surface area contributed by atoms with Gasteiger partial charge in [0.05, 0.1) is 18.1 Å². The van der Waals surface area contributed by atoms with Crippen molar-refractivity contribution in [2.75, 3.05) is 7.11 Å². The topological polar surface area (TPSA) is 45.0 Å². The molecule has 0 aromatic heterocycles. The zero-order chi connectivity index (χ0) is 10.6. The van der Waals surface area contributed by atoms with Crippen LogP contribution in [-0.2, 0) is 4.74 Å². The molecule has 0 radical (unpaired) electrons. The molecular formula is C11H20N2O. The minimum Gasteiger partial charge on any atom is -0.380 e. The highest BCUT2D eigenvalue weighted by atomic mass is 16.5. The highest BCUT2D eigenvalue weighted by Crippen LogP contribution is 2.25. The molecule has 0 saturated heterocycles. The molecule has 0 aromatic rings. The Bertz CT molecular complexity index is 212. The number of nitrogens with zero attached hydrogens (tertiary/aromatic N) is 1. The van der Waals surface area contributed by atoms with Crippen LogP contribution in [0.3, 0.4) is 0 Å². The van der Waals surface area contributed by atoms with E-state index in [1.165, 1.54) is 6.42 Å². The first-order valence-electron chi connectivity index (χ1n) is 5.37. The molecule has 14 heavy (non-hydrogen) atoms. The Labute approximate surface area is 86.4 Å². The van der Waals surface area contributed by atoms with E-state index in [4.69, 9.17) is 10.00 Å². The minimum absolute atomic E-state index is 0.196. The summed E-state index contributed by atoms with van der Waals surface area (Å²) in [6.07, 6.45) is 3.54. The highest BCUT2D eigenvalue weighted by Gasteiger charge is 2.28. The van der Waals surface area contributed by atoms with Gasteiger partial charge < -0.3 is 10.1 Å². The maximum atomic E-state index is 8.92. The molecule has 3 heteroatoms. The predicted molar refractivity (Wildman–Crippen MR) is 55.8 cm³/mol. The Hall–Kier alpha value is -0.590. The Morgan fingerprint density at radius 3 is 2.71 bits per heavy atom. The molecule has 1 saturated carbocycles. The summed E-state index contributed by atoms with van der Waals surface area (Å²) in [7, 11) is 1.72. The van der Waals surface area contributed by atoms with Crippen LogP contribution >= 0.6 is 0 Å². The maximum Gasteiger partial charge on any atom is 0.0693 e. The molecular weight excluding hydrogens is 176 g/mol. The summed E-state index contributed by atoms with van der Waals surface area (Å²) < 4.78 is 5.25. The molecule has 0 aromatic carbocycles. The van der Waals surface area contributed by atoms with E-state index in [2.05, 4.69) is 18.3 Å². The van der Waals surface area contributed by atoms with E-state index >= 15 is 0 Å². The van der Waals surface area contributed by atoms with Crippen LogP contribution in [0, 0.1) is 17.2 Å². The quantitative estimate of drug-likeness (QED) is 0.744. The maximum absolute atomic E-state index is 8.92. The zero-order valence-electron chi connectivity index (χ0n) is 9.29. The van der Waals surface area contributed by atoms with Crippen LogP contribution in [-0.4, -0.2) is 25.3 Å². The third-order valence-electron chi connectivity index (χ3n) is 3.23. The van der Waals surface area contributed by atoms with Crippen molar-refractivity contribution >= 4 is 0 Å². The number of rotatable bonds is 4. The lowest BCUT2D eigenvalue weighted by atomic mass is 10.0. The fraction of sp³-hybridized carbons (Fsp3) is 0.909. The molecule has 0 spiro atoms. The monoisotopic (exact) mass is 196 g/mol. The second-order valence-corrected chi connectivity index (χ2v) is 4.17. The average Bonchev–Trinajstić information content (AvgIpc) is 2.63. The van der Waals surface area contributed by atoms with Crippen LogP contribution in [0.15, 0.2) is 0 Å². The summed E-state index contributed by atoms with van der Waals surface area (Å²) in [5.74, 6) is 0.196. The third kappa shape index (κ3) is 2.70. The lowest BCUT2D eigenvalue weighted by Crippen LogP contribution is -2.44. The van der Waals surface area contributed by atoms with Crippen molar-refractivity contribution in [1.29, 1.82) is 5.26 Å². The van der Waals surface area contributed by atoms with Crippen LogP contribution in [0.1, 0.15) is 33.1 Å². The van der Waals surface area contributed by atoms with Gasteiger partial charge in [0.2, 0.25) is 0 Å². The number of nitriles is 1. The molecule has 4 unspecified atom stereocenters. The van der Waals surface area contributed by atoms with E-state index in [9.17, 15) is 0 Å². The first kappa shape index (κ1) is 11.5. The van der Waals surface area contributed by atoms with Gasteiger partial charge in [0.25, 0.3) is 0 Å². The van der Waals surface area contributed by atoms with E-state index in [1.54, 1.807) is 7.11 Å². The average molecular weight is 196 g/mol.